The molecule has 0 bridgehead atoms. The minimum atomic E-state index is -0.730. The largest absolute Gasteiger partial charge is 0.489 e. The Morgan fingerprint density at radius 2 is 2.25 bits per heavy atom. The van der Waals surface area contributed by atoms with Crippen molar-refractivity contribution in [1.82, 2.24) is 4.90 Å². The van der Waals surface area contributed by atoms with Crippen LogP contribution in [0.5, 0.6) is 5.75 Å². The van der Waals surface area contributed by atoms with Crippen molar-refractivity contribution in [3.8, 4) is 5.75 Å². The molecule has 1 aliphatic rings. The van der Waals surface area contributed by atoms with E-state index in [1.54, 1.807) is 18.2 Å². The van der Waals surface area contributed by atoms with E-state index >= 15 is 0 Å². The molecule has 1 fully saturated rings. The first-order valence-electron chi connectivity index (χ1n) is 6.96. The molecule has 5 heteroatoms. The topological polar surface area (TPSA) is 49.8 Å². The van der Waals surface area contributed by atoms with Crippen LogP contribution >= 0.6 is 0 Å². The summed E-state index contributed by atoms with van der Waals surface area (Å²) in [6, 6.07) is 6.38. The van der Waals surface area contributed by atoms with E-state index in [1.165, 1.54) is 6.07 Å². The smallest absolute Gasteiger partial charge is 0.303 e. The molecule has 1 heterocycles. The van der Waals surface area contributed by atoms with Gasteiger partial charge in [0.2, 0.25) is 0 Å². The highest BCUT2D eigenvalue weighted by Crippen LogP contribution is 2.21. The summed E-state index contributed by atoms with van der Waals surface area (Å²) in [5.74, 6) is -0.326. The number of halogens is 1. The van der Waals surface area contributed by atoms with Crippen molar-refractivity contribution in [3.63, 3.8) is 0 Å². The van der Waals surface area contributed by atoms with Gasteiger partial charge in [-0.3, -0.25) is 9.69 Å². The van der Waals surface area contributed by atoms with E-state index in [-0.39, 0.29) is 18.0 Å². The van der Waals surface area contributed by atoms with Gasteiger partial charge in [0.1, 0.15) is 6.61 Å². The summed E-state index contributed by atoms with van der Waals surface area (Å²) in [6.45, 7) is 3.07. The van der Waals surface area contributed by atoms with Crippen LogP contribution in [-0.4, -0.2) is 42.2 Å². The lowest BCUT2D eigenvalue weighted by molar-refractivity contribution is -0.137. The van der Waals surface area contributed by atoms with Crippen molar-refractivity contribution in [2.45, 2.75) is 19.3 Å². The maximum absolute atomic E-state index is 13.3. The molecule has 0 radical (unpaired) electrons. The van der Waals surface area contributed by atoms with E-state index in [9.17, 15) is 9.18 Å². The number of hydrogen-bond donors (Lipinski definition) is 1. The highest BCUT2D eigenvalue weighted by Gasteiger charge is 2.22. The first kappa shape index (κ1) is 14.8. The SMILES string of the molecule is O=C(O)CCC1CCN(CCOc2ccccc2F)C1. The second-order valence-electron chi connectivity index (χ2n) is 5.17. The maximum atomic E-state index is 13.3. The number of hydrogen-bond acceptors (Lipinski definition) is 3. The Hall–Kier alpha value is -1.62. The normalized spacial score (nSPS) is 19.1. The Bertz CT molecular complexity index is 452. The predicted octanol–water partition coefficient (Wildman–Crippen LogP) is 2.39. The summed E-state index contributed by atoms with van der Waals surface area (Å²) in [4.78, 5) is 12.8. The molecule has 1 saturated heterocycles. The summed E-state index contributed by atoms with van der Waals surface area (Å²) in [5.41, 5.74) is 0. The van der Waals surface area contributed by atoms with Crippen LogP contribution in [0.25, 0.3) is 0 Å². The van der Waals surface area contributed by atoms with Crippen molar-refractivity contribution in [1.29, 1.82) is 0 Å². The average Bonchev–Trinajstić information content (AvgIpc) is 2.87. The molecular weight excluding hydrogens is 261 g/mol. The molecule has 0 spiro atoms. The molecule has 0 aromatic heterocycles. The monoisotopic (exact) mass is 281 g/mol. The van der Waals surface area contributed by atoms with E-state index in [0.29, 0.717) is 12.5 Å². The third kappa shape index (κ3) is 4.49. The van der Waals surface area contributed by atoms with Crippen molar-refractivity contribution >= 4 is 5.97 Å². The van der Waals surface area contributed by atoms with Crippen molar-refractivity contribution in [3.05, 3.63) is 30.1 Å². The van der Waals surface area contributed by atoms with E-state index in [1.807, 2.05) is 0 Å². The van der Waals surface area contributed by atoms with E-state index in [4.69, 9.17) is 9.84 Å². The molecule has 2 rings (SSSR count). The second-order valence-corrected chi connectivity index (χ2v) is 5.17. The third-order valence-corrected chi connectivity index (χ3v) is 3.64. The standard InChI is InChI=1S/C15H20FNO3/c16-13-3-1-2-4-14(13)20-10-9-17-8-7-12(11-17)5-6-15(18)19/h1-4,12H,5-11H2,(H,18,19). The van der Waals surface area contributed by atoms with Gasteiger partial charge in [-0.05, 0) is 37.4 Å². The molecule has 0 aliphatic carbocycles. The van der Waals surface area contributed by atoms with E-state index < -0.39 is 5.97 Å². The number of likely N-dealkylation sites (tertiary alicyclic amines) is 1. The van der Waals surface area contributed by atoms with Crippen molar-refractivity contribution < 1.29 is 19.0 Å². The van der Waals surface area contributed by atoms with Crippen LogP contribution in [0.2, 0.25) is 0 Å². The average molecular weight is 281 g/mol. The fourth-order valence-corrected chi connectivity index (χ4v) is 2.53. The molecule has 1 aromatic rings. The number of carboxylic acid groups (broad SMARTS) is 1. The van der Waals surface area contributed by atoms with Gasteiger partial charge in [-0.1, -0.05) is 12.1 Å². The number of benzene rings is 1. The number of ether oxygens (including phenoxy) is 1. The zero-order valence-electron chi connectivity index (χ0n) is 11.4. The van der Waals surface area contributed by atoms with Gasteiger partial charge >= 0.3 is 5.97 Å². The fraction of sp³-hybridized carbons (Fsp3) is 0.533. The number of carboxylic acids is 1. The summed E-state index contributed by atoms with van der Waals surface area (Å²) in [5, 5.41) is 8.66. The van der Waals surface area contributed by atoms with Crippen LogP contribution in [0.15, 0.2) is 24.3 Å². The van der Waals surface area contributed by atoms with E-state index in [0.717, 1.165) is 32.5 Å². The molecule has 1 unspecified atom stereocenters. The molecule has 1 aromatic carbocycles. The van der Waals surface area contributed by atoms with Gasteiger partial charge in [0.25, 0.3) is 0 Å². The first-order valence-corrected chi connectivity index (χ1v) is 6.96. The van der Waals surface area contributed by atoms with Crippen molar-refractivity contribution in [2.75, 3.05) is 26.2 Å². The second kappa shape index (κ2) is 7.24. The Morgan fingerprint density at radius 1 is 1.45 bits per heavy atom. The number of carbonyl (C=O) groups is 1. The summed E-state index contributed by atoms with van der Waals surface area (Å²) < 4.78 is 18.8. The lowest BCUT2D eigenvalue weighted by Gasteiger charge is -2.16. The van der Waals surface area contributed by atoms with Gasteiger partial charge in [0.15, 0.2) is 11.6 Å². The quantitative estimate of drug-likeness (QED) is 0.833. The molecule has 1 N–H and O–H groups in total. The zero-order valence-corrected chi connectivity index (χ0v) is 11.4. The fourth-order valence-electron chi connectivity index (χ4n) is 2.53. The van der Waals surface area contributed by atoms with Gasteiger partial charge in [-0.2, -0.15) is 0 Å². The van der Waals surface area contributed by atoms with Crippen LogP contribution in [0, 0.1) is 11.7 Å². The summed E-state index contributed by atoms with van der Waals surface area (Å²) in [7, 11) is 0. The molecule has 1 atom stereocenters. The number of para-hydroxylation sites is 1. The molecular formula is C15H20FNO3. The Labute approximate surface area is 118 Å². The summed E-state index contributed by atoms with van der Waals surface area (Å²) in [6.07, 6.45) is 2.01. The Kier molecular flexibility index (Phi) is 5.35. The van der Waals surface area contributed by atoms with Crippen LogP contribution < -0.4 is 4.74 Å². The molecule has 110 valence electrons. The van der Waals surface area contributed by atoms with Gasteiger partial charge < -0.3 is 9.84 Å². The number of nitrogens with zero attached hydrogens (tertiary/aromatic N) is 1. The zero-order chi connectivity index (χ0) is 14.4. The van der Waals surface area contributed by atoms with Gasteiger partial charge in [-0.25, -0.2) is 4.39 Å². The van der Waals surface area contributed by atoms with Crippen molar-refractivity contribution in [2.24, 2.45) is 5.92 Å². The Morgan fingerprint density at radius 3 is 3.00 bits per heavy atom. The molecule has 4 nitrogen and oxygen atoms in total. The highest BCUT2D eigenvalue weighted by atomic mass is 19.1. The Balaban J connectivity index is 1.66. The minimum absolute atomic E-state index is 0.240. The van der Waals surface area contributed by atoms with Crippen LogP contribution in [-0.2, 0) is 4.79 Å². The molecule has 0 amide bonds. The first-order chi connectivity index (χ1) is 9.65. The molecule has 0 saturated carbocycles. The lowest BCUT2D eigenvalue weighted by atomic mass is 10.0. The third-order valence-electron chi connectivity index (χ3n) is 3.64. The molecule has 1 aliphatic heterocycles. The maximum Gasteiger partial charge on any atom is 0.303 e. The number of aliphatic carboxylic acids is 1. The molecule has 20 heavy (non-hydrogen) atoms. The van der Waals surface area contributed by atoms with Gasteiger partial charge in [0.05, 0.1) is 0 Å². The van der Waals surface area contributed by atoms with E-state index in [2.05, 4.69) is 4.90 Å². The number of rotatable bonds is 7. The predicted molar refractivity (Wildman–Crippen MR) is 73.3 cm³/mol. The highest BCUT2D eigenvalue weighted by molar-refractivity contribution is 5.66. The van der Waals surface area contributed by atoms with Crippen LogP contribution in [0.3, 0.4) is 0 Å². The van der Waals surface area contributed by atoms with Crippen LogP contribution in [0.1, 0.15) is 19.3 Å². The minimum Gasteiger partial charge on any atom is -0.489 e. The lowest BCUT2D eigenvalue weighted by Crippen LogP contribution is -2.26. The van der Waals surface area contributed by atoms with Gasteiger partial charge in [0, 0.05) is 19.5 Å². The summed E-state index contributed by atoms with van der Waals surface area (Å²) >= 11 is 0. The van der Waals surface area contributed by atoms with Gasteiger partial charge in [-0.15, -0.1) is 0 Å². The van der Waals surface area contributed by atoms with Crippen LogP contribution in [0.4, 0.5) is 4.39 Å².